The quantitative estimate of drug-likeness (QED) is 0.139. The first-order valence-corrected chi connectivity index (χ1v) is 13.8. The standard InChI is InChI=1S/C30H38N6O6/c1-3-18(2)26(30(41)42)36-29(40)25(15-21-16-32-17-33-21)35-28(39)24(14-20-9-11-22(37)12-10-20)34-27(38)23(31)13-19-7-5-4-6-8-19/h4-12,16-18,23-26,37H,3,13-15,31H2,1-2H3,(H,32,33)(H,34,38)(H,35,39)(H,36,40)(H,41,42). The number of nitrogens with zero attached hydrogens (tertiary/aromatic N) is 1. The van der Waals surface area contributed by atoms with Gasteiger partial charge in [-0.3, -0.25) is 14.4 Å². The summed E-state index contributed by atoms with van der Waals surface area (Å²) in [5, 5.41) is 27.3. The Morgan fingerprint density at radius 1 is 0.857 bits per heavy atom. The molecule has 8 N–H and O–H groups in total. The van der Waals surface area contributed by atoms with Crippen LogP contribution in [-0.2, 0) is 38.4 Å². The summed E-state index contributed by atoms with van der Waals surface area (Å²) in [6.45, 7) is 3.53. The van der Waals surface area contributed by atoms with Gasteiger partial charge in [-0.25, -0.2) is 9.78 Å². The van der Waals surface area contributed by atoms with Crippen molar-refractivity contribution in [1.82, 2.24) is 25.9 Å². The number of carbonyl (C=O) groups is 4. The van der Waals surface area contributed by atoms with E-state index in [4.69, 9.17) is 5.73 Å². The predicted molar refractivity (Wildman–Crippen MR) is 155 cm³/mol. The number of carbonyl (C=O) groups excluding carboxylic acids is 3. The second-order valence-corrected chi connectivity index (χ2v) is 10.3. The fraction of sp³-hybridized carbons (Fsp3) is 0.367. The summed E-state index contributed by atoms with van der Waals surface area (Å²) in [5.41, 5.74) is 8.20. The van der Waals surface area contributed by atoms with E-state index in [2.05, 4.69) is 25.9 Å². The summed E-state index contributed by atoms with van der Waals surface area (Å²) in [4.78, 5) is 58.8. The van der Waals surface area contributed by atoms with E-state index in [0.29, 0.717) is 17.7 Å². The number of aromatic hydroxyl groups is 1. The van der Waals surface area contributed by atoms with Crippen molar-refractivity contribution >= 4 is 23.7 Å². The van der Waals surface area contributed by atoms with Crippen LogP contribution in [0.15, 0.2) is 67.1 Å². The SMILES string of the molecule is CCC(C)C(NC(=O)C(Cc1cnc[nH]1)NC(=O)C(Cc1ccc(O)cc1)NC(=O)C(N)Cc1ccccc1)C(=O)O. The Balaban J connectivity index is 1.82. The normalized spacial score (nSPS) is 14.5. The van der Waals surface area contributed by atoms with Crippen LogP contribution >= 0.6 is 0 Å². The van der Waals surface area contributed by atoms with Gasteiger partial charge in [0, 0.05) is 24.7 Å². The van der Waals surface area contributed by atoms with Crippen molar-refractivity contribution in [2.45, 2.75) is 63.7 Å². The van der Waals surface area contributed by atoms with Gasteiger partial charge in [0.05, 0.1) is 12.4 Å². The number of rotatable bonds is 15. The van der Waals surface area contributed by atoms with E-state index in [0.717, 1.165) is 5.56 Å². The number of amides is 3. The zero-order chi connectivity index (χ0) is 30.6. The van der Waals surface area contributed by atoms with Gasteiger partial charge in [0.15, 0.2) is 0 Å². The molecule has 0 saturated heterocycles. The number of hydrogen-bond donors (Lipinski definition) is 7. The molecule has 12 nitrogen and oxygen atoms in total. The minimum atomic E-state index is -1.19. The van der Waals surface area contributed by atoms with E-state index in [1.54, 1.807) is 19.1 Å². The minimum Gasteiger partial charge on any atom is -0.508 e. The predicted octanol–water partition coefficient (Wildman–Crippen LogP) is 1.06. The zero-order valence-electron chi connectivity index (χ0n) is 23.6. The van der Waals surface area contributed by atoms with Crippen molar-refractivity contribution in [3.05, 3.63) is 83.9 Å². The lowest BCUT2D eigenvalue weighted by Crippen LogP contribution is -2.58. The monoisotopic (exact) mass is 578 g/mol. The maximum Gasteiger partial charge on any atom is 0.326 e. The molecular weight excluding hydrogens is 540 g/mol. The van der Waals surface area contributed by atoms with E-state index < -0.39 is 47.9 Å². The number of benzene rings is 2. The van der Waals surface area contributed by atoms with Gasteiger partial charge in [-0.1, -0.05) is 62.7 Å². The van der Waals surface area contributed by atoms with Crippen LogP contribution in [-0.4, -0.2) is 68.0 Å². The fourth-order valence-electron chi connectivity index (χ4n) is 4.35. The number of aromatic nitrogens is 2. The topological polar surface area (TPSA) is 200 Å². The van der Waals surface area contributed by atoms with E-state index in [9.17, 15) is 29.4 Å². The van der Waals surface area contributed by atoms with Gasteiger partial charge in [0.2, 0.25) is 17.7 Å². The second kappa shape index (κ2) is 15.3. The number of hydrogen-bond acceptors (Lipinski definition) is 7. The molecule has 3 aromatic rings. The number of phenols is 1. The highest BCUT2D eigenvalue weighted by Crippen LogP contribution is 2.13. The van der Waals surface area contributed by atoms with Crippen molar-refractivity contribution < 1.29 is 29.4 Å². The maximum absolute atomic E-state index is 13.6. The first kappa shape index (κ1) is 31.8. The minimum absolute atomic E-state index is 0.00217. The largest absolute Gasteiger partial charge is 0.508 e. The molecule has 3 rings (SSSR count). The second-order valence-electron chi connectivity index (χ2n) is 10.3. The number of carboxylic acid groups (broad SMARTS) is 1. The Kier molecular flexibility index (Phi) is 11.6. The molecule has 0 aliphatic carbocycles. The van der Waals surface area contributed by atoms with Crippen LogP contribution < -0.4 is 21.7 Å². The van der Waals surface area contributed by atoms with Crippen LogP contribution in [0.1, 0.15) is 37.1 Å². The van der Waals surface area contributed by atoms with Crippen molar-refractivity contribution in [3.8, 4) is 5.75 Å². The number of aliphatic carboxylic acids is 1. The molecule has 0 spiro atoms. The molecule has 3 amide bonds. The molecule has 2 aromatic carbocycles. The highest BCUT2D eigenvalue weighted by atomic mass is 16.4. The summed E-state index contributed by atoms with van der Waals surface area (Å²) in [7, 11) is 0. The maximum atomic E-state index is 13.6. The van der Waals surface area contributed by atoms with Crippen molar-refractivity contribution in [3.63, 3.8) is 0 Å². The molecule has 224 valence electrons. The van der Waals surface area contributed by atoms with Crippen molar-refractivity contribution in [1.29, 1.82) is 0 Å². The van der Waals surface area contributed by atoms with Gasteiger partial charge in [-0.05, 0) is 35.6 Å². The Bertz CT molecular complexity index is 1320. The van der Waals surface area contributed by atoms with Gasteiger partial charge in [-0.15, -0.1) is 0 Å². The van der Waals surface area contributed by atoms with Gasteiger partial charge in [-0.2, -0.15) is 0 Å². The molecular formula is C30H38N6O6. The molecule has 0 saturated carbocycles. The third-order valence-electron chi connectivity index (χ3n) is 7.03. The highest BCUT2D eigenvalue weighted by Gasteiger charge is 2.32. The Morgan fingerprint density at radius 3 is 2.05 bits per heavy atom. The molecule has 0 aliphatic rings. The fourth-order valence-corrected chi connectivity index (χ4v) is 4.35. The smallest absolute Gasteiger partial charge is 0.326 e. The third kappa shape index (κ3) is 9.44. The van der Waals surface area contributed by atoms with Gasteiger partial charge < -0.3 is 36.9 Å². The van der Waals surface area contributed by atoms with Gasteiger partial charge in [0.1, 0.15) is 23.9 Å². The van der Waals surface area contributed by atoms with E-state index in [1.165, 1.54) is 24.7 Å². The Labute approximate surface area is 244 Å². The summed E-state index contributed by atoms with van der Waals surface area (Å²) >= 11 is 0. The lowest BCUT2D eigenvalue weighted by Gasteiger charge is -2.26. The summed E-state index contributed by atoms with van der Waals surface area (Å²) in [5.74, 6) is -3.43. The number of phenolic OH excluding ortho intramolecular Hbond substituents is 1. The molecule has 5 unspecified atom stereocenters. The van der Waals surface area contributed by atoms with E-state index in [-0.39, 0.29) is 30.9 Å². The Morgan fingerprint density at radius 2 is 1.45 bits per heavy atom. The number of nitrogens with one attached hydrogen (secondary N) is 4. The van der Waals surface area contributed by atoms with Crippen molar-refractivity contribution in [2.24, 2.45) is 11.7 Å². The van der Waals surface area contributed by atoms with Crippen LogP contribution in [0.3, 0.4) is 0 Å². The average Bonchev–Trinajstić information content (AvgIpc) is 3.49. The molecule has 0 aliphatic heterocycles. The average molecular weight is 579 g/mol. The van der Waals surface area contributed by atoms with Crippen molar-refractivity contribution in [2.75, 3.05) is 0 Å². The van der Waals surface area contributed by atoms with Crippen LogP contribution in [0.2, 0.25) is 0 Å². The number of H-pyrrole nitrogens is 1. The van der Waals surface area contributed by atoms with Gasteiger partial charge in [0.25, 0.3) is 0 Å². The van der Waals surface area contributed by atoms with Crippen LogP contribution in [0.4, 0.5) is 0 Å². The number of carboxylic acids is 1. The summed E-state index contributed by atoms with van der Waals surface area (Å²) in [6, 6.07) is 10.9. The lowest BCUT2D eigenvalue weighted by molar-refractivity contribution is -0.143. The van der Waals surface area contributed by atoms with Crippen LogP contribution in [0.25, 0.3) is 0 Å². The summed E-state index contributed by atoms with van der Waals surface area (Å²) < 4.78 is 0. The first-order valence-electron chi connectivity index (χ1n) is 13.8. The van der Waals surface area contributed by atoms with Crippen LogP contribution in [0, 0.1) is 5.92 Å². The highest BCUT2D eigenvalue weighted by molar-refractivity contribution is 5.94. The number of imidazole rings is 1. The molecule has 5 atom stereocenters. The first-order chi connectivity index (χ1) is 20.1. The molecule has 0 bridgehead atoms. The Hall–Kier alpha value is -4.71. The lowest BCUT2D eigenvalue weighted by atomic mass is 9.98. The molecule has 0 radical (unpaired) electrons. The van der Waals surface area contributed by atoms with Gasteiger partial charge >= 0.3 is 5.97 Å². The molecule has 42 heavy (non-hydrogen) atoms. The number of nitrogens with two attached hydrogens (primary N) is 1. The van der Waals surface area contributed by atoms with E-state index >= 15 is 0 Å². The third-order valence-corrected chi connectivity index (χ3v) is 7.03. The number of aromatic amines is 1. The molecule has 1 heterocycles. The molecule has 12 heteroatoms. The van der Waals surface area contributed by atoms with Crippen LogP contribution in [0.5, 0.6) is 5.75 Å². The van der Waals surface area contributed by atoms with E-state index in [1.807, 2.05) is 37.3 Å². The zero-order valence-corrected chi connectivity index (χ0v) is 23.6. The molecule has 1 aromatic heterocycles. The molecule has 0 fully saturated rings. The summed E-state index contributed by atoms with van der Waals surface area (Å²) in [6.07, 6.45) is 3.72.